The van der Waals surface area contributed by atoms with Gasteiger partial charge in [0.25, 0.3) is 0 Å². The second-order valence-electron chi connectivity index (χ2n) is 6.68. The van der Waals surface area contributed by atoms with E-state index in [2.05, 4.69) is 44.7 Å². The van der Waals surface area contributed by atoms with Crippen molar-refractivity contribution >= 4 is 23.2 Å². The Morgan fingerprint density at radius 3 is 2.96 bits per heavy atom. The predicted octanol–water partition coefficient (Wildman–Crippen LogP) is 1.39. The second kappa shape index (κ2) is 8.44. The monoisotopic (exact) mass is 348 g/mol. The first kappa shape index (κ1) is 17.9. The van der Waals surface area contributed by atoms with Crippen LogP contribution in [-0.2, 0) is 9.53 Å². The lowest BCUT2D eigenvalue weighted by Gasteiger charge is -2.30. The zero-order valence-electron chi connectivity index (χ0n) is 15.0. The zero-order chi connectivity index (χ0) is 17.6. The molecule has 138 valence electrons. The van der Waals surface area contributed by atoms with Crippen molar-refractivity contribution in [1.29, 1.82) is 0 Å². The summed E-state index contributed by atoms with van der Waals surface area (Å²) in [5.41, 5.74) is 0.651. The normalized spacial score (nSPS) is 21.8. The number of rotatable bonds is 7. The largest absolute Gasteiger partial charge is 0.379 e. The predicted molar refractivity (Wildman–Crippen MR) is 97.9 cm³/mol. The van der Waals surface area contributed by atoms with Crippen molar-refractivity contribution < 1.29 is 9.53 Å². The Balaban J connectivity index is 1.56. The van der Waals surface area contributed by atoms with E-state index in [0.29, 0.717) is 17.3 Å². The maximum Gasteiger partial charge on any atom is 0.247 e. The summed E-state index contributed by atoms with van der Waals surface area (Å²) in [6.07, 6.45) is 3.47. The van der Waals surface area contributed by atoms with Gasteiger partial charge in [-0.25, -0.2) is 9.97 Å². The van der Waals surface area contributed by atoms with Gasteiger partial charge in [0.05, 0.1) is 13.2 Å². The number of carbonyl (C=O) groups is 1. The number of anilines is 3. The van der Waals surface area contributed by atoms with Gasteiger partial charge >= 0.3 is 0 Å². The highest BCUT2D eigenvalue weighted by molar-refractivity contribution is 6.05. The molecule has 1 fully saturated rings. The minimum absolute atomic E-state index is 0.0204. The van der Waals surface area contributed by atoms with Crippen molar-refractivity contribution in [2.24, 2.45) is 5.92 Å². The van der Waals surface area contributed by atoms with Gasteiger partial charge in [-0.1, -0.05) is 20.3 Å². The standard InChI is InChI=1S/C17H28N6O2/c1-3-12(2)13-17(24)22-14-15(19-11-20-16(14)21-13)18-5-4-6-23-7-9-25-10-8-23/h11-13H,3-10H2,1-2H3,(H,22,24)(H2,18,19,20,21). The summed E-state index contributed by atoms with van der Waals surface area (Å²) < 4.78 is 5.36. The minimum atomic E-state index is -0.249. The van der Waals surface area contributed by atoms with Crippen molar-refractivity contribution in [1.82, 2.24) is 14.9 Å². The Morgan fingerprint density at radius 1 is 1.40 bits per heavy atom. The fourth-order valence-corrected chi connectivity index (χ4v) is 3.13. The zero-order valence-corrected chi connectivity index (χ0v) is 15.0. The SMILES string of the molecule is CCC(C)C1Nc2ncnc(NCCCN3CCOCC3)c2NC1=O. The molecule has 2 aliphatic heterocycles. The third-order valence-corrected chi connectivity index (χ3v) is 4.93. The molecule has 0 spiro atoms. The van der Waals surface area contributed by atoms with Gasteiger partial charge in [0.1, 0.15) is 18.1 Å². The van der Waals surface area contributed by atoms with Gasteiger partial charge in [-0.05, 0) is 18.9 Å². The van der Waals surface area contributed by atoms with Crippen molar-refractivity contribution in [2.75, 3.05) is 55.3 Å². The maximum atomic E-state index is 12.4. The molecular weight excluding hydrogens is 320 g/mol. The molecule has 0 radical (unpaired) electrons. The molecule has 2 unspecified atom stereocenters. The molecule has 0 bridgehead atoms. The molecule has 2 aliphatic rings. The van der Waals surface area contributed by atoms with Gasteiger partial charge in [-0.3, -0.25) is 9.69 Å². The highest BCUT2D eigenvalue weighted by Gasteiger charge is 2.31. The molecule has 1 saturated heterocycles. The van der Waals surface area contributed by atoms with E-state index < -0.39 is 0 Å². The number of nitrogens with zero attached hydrogens (tertiary/aromatic N) is 3. The molecule has 8 heteroatoms. The fourth-order valence-electron chi connectivity index (χ4n) is 3.13. The maximum absolute atomic E-state index is 12.4. The van der Waals surface area contributed by atoms with Gasteiger partial charge in [0.15, 0.2) is 11.6 Å². The van der Waals surface area contributed by atoms with Crippen LogP contribution in [0.4, 0.5) is 17.3 Å². The van der Waals surface area contributed by atoms with E-state index in [1.54, 1.807) is 0 Å². The van der Waals surface area contributed by atoms with Gasteiger partial charge in [0, 0.05) is 19.6 Å². The van der Waals surface area contributed by atoms with Gasteiger partial charge in [0.2, 0.25) is 5.91 Å². The second-order valence-corrected chi connectivity index (χ2v) is 6.68. The number of fused-ring (bicyclic) bond motifs is 1. The van der Waals surface area contributed by atoms with Gasteiger partial charge in [-0.15, -0.1) is 0 Å². The van der Waals surface area contributed by atoms with Crippen LogP contribution < -0.4 is 16.0 Å². The number of amides is 1. The van der Waals surface area contributed by atoms with Crippen LogP contribution >= 0.6 is 0 Å². The van der Waals surface area contributed by atoms with Crippen LogP contribution in [0.3, 0.4) is 0 Å². The number of morpholine rings is 1. The van der Waals surface area contributed by atoms with Crippen molar-refractivity contribution in [3.8, 4) is 0 Å². The summed E-state index contributed by atoms with van der Waals surface area (Å²) in [5, 5.41) is 9.55. The van der Waals surface area contributed by atoms with Crippen LogP contribution in [-0.4, -0.2) is 66.2 Å². The number of hydrogen-bond donors (Lipinski definition) is 3. The first-order valence-electron chi connectivity index (χ1n) is 9.15. The molecule has 0 aliphatic carbocycles. The van der Waals surface area contributed by atoms with Crippen LogP contribution in [0, 0.1) is 5.92 Å². The lowest BCUT2D eigenvalue weighted by Crippen LogP contribution is -2.43. The fraction of sp³-hybridized carbons (Fsp3) is 0.706. The minimum Gasteiger partial charge on any atom is -0.379 e. The van der Waals surface area contributed by atoms with Gasteiger partial charge in [-0.2, -0.15) is 0 Å². The molecular formula is C17H28N6O2. The molecule has 8 nitrogen and oxygen atoms in total. The highest BCUT2D eigenvalue weighted by atomic mass is 16.5. The summed E-state index contributed by atoms with van der Waals surface area (Å²) in [4.78, 5) is 23.3. The van der Waals surface area contributed by atoms with E-state index in [1.165, 1.54) is 6.33 Å². The number of carbonyl (C=O) groups excluding carboxylic acids is 1. The molecule has 25 heavy (non-hydrogen) atoms. The average molecular weight is 348 g/mol. The Bertz CT molecular complexity index is 591. The quantitative estimate of drug-likeness (QED) is 0.641. The third kappa shape index (κ3) is 4.38. The summed E-state index contributed by atoms with van der Waals surface area (Å²) in [7, 11) is 0. The number of nitrogens with one attached hydrogen (secondary N) is 3. The van der Waals surface area contributed by atoms with Crippen molar-refractivity contribution in [2.45, 2.75) is 32.7 Å². The Hall–Kier alpha value is -1.93. The third-order valence-electron chi connectivity index (χ3n) is 4.93. The number of ether oxygens (including phenoxy) is 1. The van der Waals surface area contributed by atoms with E-state index in [1.807, 2.05) is 0 Å². The topological polar surface area (TPSA) is 91.4 Å². The Labute approximate surface area is 148 Å². The van der Waals surface area contributed by atoms with Crippen LogP contribution in [0.15, 0.2) is 6.33 Å². The number of aromatic nitrogens is 2. The summed E-state index contributed by atoms with van der Waals surface area (Å²) in [6, 6.07) is -0.249. The molecule has 0 aromatic carbocycles. The summed E-state index contributed by atoms with van der Waals surface area (Å²) >= 11 is 0. The Kier molecular flexibility index (Phi) is 6.04. The van der Waals surface area contributed by atoms with E-state index in [0.717, 1.165) is 52.2 Å². The molecule has 3 rings (SSSR count). The first-order valence-corrected chi connectivity index (χ1v) is 9.15. The summed E-state index contributed by atoms with van der Waals surface area (Å²) in [6.45, 7) is 9.62. The lowest BCUT2D eigenvalue weighted by atomic mass is 9.97. The van der Waals surface area contributed by atoms with Crippen LogP contribution in [0.2, 0.25) is 0 Å². The first-order chi connectivity index (χ1) is 12.2. The van der Waals surface area contributed by atoms with Crippen LogP contribution in [0.1, 0.15) is 26.7 Å². The molecule has 2 atom stereocenters. The summed E-state index contributed by atoms with van der Waals surface area (Å²) in [5.74, 6) is 1.59. The van der Waals surface area contributed by atoms with Gasteiger partial charge < -0.3 is 20.7 Å². The molecule has 1 aromatic rings. The van der Waals surface area contributed by atoms with Crippen molar-refractivity contribution in [3.05, 3.63) is 6.33 Å². The average Bonchev–Trinajstić information content (AvgIpc) is 2.65. The Morgan fingerprint density at radius 2 is 2.20 bits per heavy atom. The van der Waals surface area contributed by atoms with E-state index in [9.17, 15) is 4.79 Å². The molecule has 3 heterocycles. The van der Waals surface area contributed by atoms with E-state index in [-0.39, 0.29) is 17.9 Å². The molecule has 1 aromatic heterocycles. The van der Waals surface area contributed by atoms with Crippen LogP contribution in [0.5, 0.6) is 0 Å². The van der Waals surface area contributed by atoms with E-state index >= 15 is 0 Å². The molecule has 3 N–H and O–H groups in total. The highest BCUT2D eigenvalue weighted by Crippen LogP contribution is 2.32. The smallest absolute Gasteiger partial charge is 0.247 e. The molecule has 1 amide bonds. The van der Waals surface area contributed by atoms with Crippen LogP contribution in [0.25, 0.3) is 0 Å². The van der Waals surface area contributed by atoms with E-state index in [4.69, 9.17) is 4.74 Å². The lowest BCUT2D eigenvalue weighted by molar-refractivity contribution is -0.118. The van der Waals surface area contributed by atoms with Crippen molar-refractivity contribution in [3.63, 3.8) is 0 Å². The number of hydrogen-bond acceptors (Lipinski definition) is 7. The molecule has 0 saturated carbocycles.